The van der Waals surface area contributed by atoms with E-state index in [0.29, 0.717) is 21.8 Å². The largest absolute Gasteiger partial charge is 0.452 e. The molecule has 0 heterocycles. The van der Waals surface area contributed by atoms with Gasteiger partial charge in [-0.25, -0.2) is 0 Å². The molecule has 2 aromatic rings. The maximum Gasteiger partial charge on any atom is 0.311 e. The monoisotopic (exact) mass is 376 g/mol. The van der Waals surface area contributed by atoms with E-state index in [0.717, 1.165) is 0 Å². The van der Waals surface area contributed by atoms with E-state index in [-0.39, 0.29) is 11.4 Å². The molecule has 1 atom stereocenters. The predicted octanol–water partition coefficient (Wildman–Crippen LogP) is 3.98. The van der Waals surface area contributed by atoms with Crippen LogP contribution in [0.15, 0.2) is 42.5 Å². The minimum atomic E-state index is -0.996. The number of amides is 1. The number of nitrogens with one attached hydrogen (secondary N) is 1. The summed E-state index contributed by atoms with van der Waals surface area (Å²) in [6.45, 7) is 1.46. The van der Waals surface area contributed by atoms with Crippen LogP contribution in [0, 0.1) is 11.3 Å². The zero-order chi connectivity index (χ0) is 18.4. The fourth-order valence-electron chi connectivity index (χ4n) is 2.02. The number of hydrogen-bond donors (Lipinski definition) is 1. The van der Waals surface area contributed by atoms with E-state index in [1.54, 1.807) is 30.3 Å². The Hall–Kier alpha value is -2.55. The quantitative estimate of drug-likeness (QED) is 0.800. The van der Waals surface area contributed by atoms with Crippen LogP contribution in [0.3, 0.4) is 0 Å². The number of hydrogen-bond acceptors (Lipinski definition) is 4. The smallest absolute Gasteiger partial charge is 0.311 e. The average molecular weight is 377 g/mol. The van der Waals surface area contributed by atoms with E-state index in [4.69, 9.17) is 33.2 Å². The lowest BCUT2D eigenvalue weighted by atomic mass is 10.1. The van der Waals surface area contributed by atoms with Crippen molar-refractivity contribution in [2.24, 2.45) is 0 Å². The number of benzene rings is 2. The summed E-state index contributed by atoms with van der Waals surface area (Å²) in [4.78, 5) is 24.1. The molecule has 0 aromatic heterocycles. The summed E-state index contributed by atoms with van der Waals surface area (Å²) >= 11 is 11.9. The number of nitrogens with zero attached hydrogens (tertiary/aromatic N) is 1. The van der Waals surface area contributed by atoms with Gasteiger partial charge in [-0.1, -0.05) is 41.4 Å². The molecule has 0 unspecified atom stereocenters. The Morgan fingerprint density at radius 3 is 2.56 bits per heavy atom. The first-order valence-corrected chi connectivity index (χ1v) is 8.09. The Labute approximate surface area is 155 Å². The summed E-state index contributed by atoms with van der Waals surface area (Å²) in [7, 11) is 0. The number of carbonyl (C=O) groups excluding carboxylic acids is 2. The first-order chi connectivity index (χ1) is 11.9. The van der Waals surface area contributed by atoms with Gasteiger partial charge in [0, 0.05) is 10.7 Å². The fraction of sp³-hybridized carbons (Fsp3) is 0.167. The van der Waals surface area contributed by atoms with Crippen LogP contribution >= 0.6 is 23.2 Å². The highest BCUT2D eigenvalue weighted by Gasteiger charge is 2.19. The van der Waals surface area contributed by atoms with Gasteiger partial charge in [-0.05, 0) is 36.8 Å². The van der Waals surface area contributed by atoms with Crippen LogP contribution in [0.5, 0.6) is 0 Å². The second-order valence-electron chi connectivity index (χ2n) is 5.20. The van der Waals surface area contributed by atoms with Crippen molar-refractivity contribution in [3.63, 3.8) is 0 Å². The highest BCUT2D eigenvalue weighted by atomic mass is 35.5. The second kappa shape index (κ2) is 8.52. The summed E-state index contributed by atoms with van der Waals surface area (Å²) in [5.74, 6) is -1.07. The highest BCUT2D eigenvalue weighted by molar-refractivity contribution is 6.32. The lowest BCUT2D eigenvalue weighted by molar-refractivity contribution is -0.152. The van der Waals surface area contributed by atoms with Gasteiger partial charge in [0.1, 0.15) is 6.07 Å². The van der Waals surface area contributed by atoms with Crippen molar-refractivity contribution in [3.05, 3.63) is 63.6 Å². The summed E-state index contributed by atoms with van der Waals surface area (Å²) in [5.41, 5.74) is 1.34. The standard InChI is InChI=1S/C18H14Cl2N2O3/c1-11(25-17(23)8-12-4-2-3-5-15(12)19)18(24)22-14-7-6-13(10-21)16(20)9-14/h2-7,9,11H,8H2,1H3,(H,22,24)/t11-/m0/s1. The third-order valence-electron chi connectivity index (χ3n) is 3.33. The number of esters is 1. The van der Waals surface area contributed by atoms with Crippen LogP contribution in [0.1, 0.15) is 18.1 Å². The third-order valence-corrected chi connectivity index (χ3v) is 4.01. The van der Waals surface area contributed by atoms with Gasteiger partial charge >= 0.3 is 5.97 Å². The zero-order valence-corrected chi connectivity index (χ0v) is 14.8. The number of carbonyl (C=O) groups is 2. The summed E-state index contributed by atoms with van der Waals surface area (Å²) in [6, 6.07) is 13.3. The molecule has 0 aliphatic carbocycles. The van der Waals surface area contributed by atoms with Crippen molar-refractivity contribution in [2.45, 2.75) is 19.4 Å². The molecule has 5 nitrogen and oxygen atoms in total. The fourth-order valence-corrected chi connectivity index (χ4v) is 2.44. The molecule has 0 bridgehead atoms. The molecule has 2 rings (SSSR count). The Bertz CT molecular complexity index is 846. The second-order valence-corrected chi connectivity index (χ2v) is 6.01. The van der Waals surface area contributed by atoms with Crippen LogP contribution < -0.4 is 5.32 Å². The average Bonchev–Trinajstić information content (AvgIpc) is 2.57. The molecule has 0 aliphatic heterocycles. The highest BCUT2D eigenvalue weighted by Crippen LogP contribution is 2.20. The van der Waals surface area contributed by atoms with Gasteiger partial charge in [0.15, 0.2) is 6.10 Å². The van der Waals surface area contributed by atoms with Crippen molar-refractivity contribution >= 4 is 40.8 Å². The molecule has 0 aliphatic rings. The Morgan fingerprint density at radius 1 is 1.20 bits per heavy atom. The molecule has 0 fully saturated rings. The molecule has 0 radical (unpaired) electrons. The number of nitriles is 1. The first kappa shape index (κ1) is 18.8. The third kappa shape index (κ3) is 5.21. The van der Waals surface area contributed by atoms with Gasteiger partial charge in [0.2, 0.25) is 0 Å². The first-order valence-electron chi connectivity index (χ1n) is 7.34. The van der Waals surface area contributed by atoms with Gasteiger partial charge < -0.3 is 10.1 Å². The van der Waals surface area contributed by atoms with Gasteiger partial charge in [0.05, 0.1) is 17.0 Å². The molecule has 2 aromatic carbocycles. The number of anilines is 1. The number of halogens is 2. The van der Waals surface area contributed by atoms with Gasteiger partial charge in [0.25, 0.3) is 5.91 Å². The van der Waals surface area contributed by atoms with E-state index >= 15 is 0 Å². The van der Waals surface area contributed by atoms with Crippen molar-refractivity contribution in [2.75, 3.05) is 5.32 Å². The summed E-state index contributed by atoms with van der Waals surface area (Å²) in [5, 5.41) is 12.1. The summed E-state index contributed by atoms with van der Waals surface area (Å²) in [6.07, 6.45) is -1.02. The molecule has 128 valence electrons. The normalized spacial score (nSPS) is 11.3. The van der Waals surface area contributed by atoms with Gasteiger partial charge in [-0.15, -0.1) is 0 Å². The maximum absolute atomic E-state index is 12.1. The topological polar surface area (TPSA) is 79.2 Å². The molecule has 7 heteroatoms. The predicted molar refractivity (Wildman–Crippen MR) is 95.5 cm³/mol. The lowest BCUT2D eigenvalue weighted by Crippen LogP contribution is -2.30. The van der Waals surface area contributed by atoms with Crippen molar-refractivity contribution in [1.29, 1.82) is 5.26 Å². The Morgan fingerprint density at radius 2 is 1.92 bits per heavy atom. The lowest BCUT2D eigenvalue weighted by Gasteiger charge is -2.14. The number of ether oxygens (including phenoxy) is 1. The van der Waals surface area contributed by atoms with E-state index in [2.05, 4.69) is 5.32 Å². The van der Waals surface area contributed by atoms with Crippen LogP contribution in [-0.4, -0.2) is 18.0 Å². The van der Waals surface area contributed by atoms with Crippen molar-refractivity contribution < 1.29 is 14.3 Å². The van der Waals surface area contributed by atoms with Crippen molar-refractivity contribution in [3.8, 4) is 6.07 Å². The van der Waals surface area contributed by atoms with Crippen molar-refractivity contribution in [1.82, 2.24) is 0 Å². The Kier molecular flexibility index (Phi) is 6.40. The van der Waals surface area contributed by atoms with Gasteiger partial charge in [-0.2, -0.15) is 5.26 Å². The summed E-state index contributed by atoms with van der Waals surface area (Å²) < 4.78 is 5.12. The molecule has 1 amide bonds. The van der Waals surface area contributed by atoms with E-state index in [9.17, 15) is 9.59 Å². The van der Waals surface area contributed by atoms with E-state index < -0.39 is 18.0 Å². The van der Waals surface area contributed by atoms with Crippen LogP contribution in [0.2, 0.25) is 10.0 Å². The molecular formula is C18H14Cl2N2O3. The van der Waals surface area contributed by atoms with Crippen LogP contribution in [0.4, 0.5) is 5.69 Å². The maximum atomic E-state index is 12.1. The number of rotatable bonds is 5. The molecule has 0 saturated carbocycles. The molecule has 0 spiro atoms. The minimum absolute atomic E-state index is 0.0278. The van der Waals surface area contributed by atoms with E-state index in [1.165, 1.54) is 19.1 Å². The molecule has 0 saturated heterocycles. The minimum Gasteiger partial charge on any atom is -0.452 e. The SMILES string of the molecule is C[C@H](OC(=O)Cc1ccccc1Cl)C(=O)Nc1ccc(C#N)c(Cl)c1. The zero-order valence-electron chi connectivity index (χ0n) is 13.3. The van der Waals surface area contributed by atoms with Crippen LogP contribution in [0.25, 0.3) is 0 Å². The molecule has 25 heavy (non-hydrogen) atoms. The Balaban J connectivity index is 1.94. The van der Waals surface area contributed by atoms with E-state index in [1.807, 2.05) is 6.07 Å². The molecular weight excluding hydrogens is 363 g/mol. The van der Waals surface area contributed by atoms with Gasteiger partial charge in [-0.3, -0.25) is 9.59 Å². The molecule has 1 N–H and O–H groups in total. The van der Waals surface area contributed by atoms with Crippen LogP contribution in [-0.2, 0) is 20.7 Å².